The van der Waals surface area contributed by atoms with E-state index in [1.54, 1.807) is 6.07 Å². The molecular weight excluding hydrogens is 414 g/mol. The van der Waals surface area contributed by atoms with Gasteiger partial charge in [0.2, 0.25) is 0 Å². The van der Waals surface area contributed by atoms with Crippen molar-refractivity contribution >= 4 is 17.7 Å². The fourth-order valence-corrected chi connectivity index (χ4v) is 2.38. The Balaban J connectivity index is -0.000000163. The highest BCUT2D eigenvalue weighted by Crippen LogP contribution is 2.25. The van der Waals surface area contributed by atoms with Gasteiger partial charge in [0.1, 0.15) is 11.9 Å². The normalized spacial score (nSPS) is 12.9. The van der Waals surface area contributed by atoms with Crippen LogP contribution in [0.5, 0.6) is 0 Å². The zero-order valence-electron chi connectivity index (χ0n) is 18.9. The van der Waals surface area contributed by atoms with Crippen LogP contribution in [0.3, 0.4) is 0 Å². The average Bonchev–Trinajstić information content (AvgIpc) is 2.71. The second-order valence-electron chi connectivity index (χ2n) is 6.35. The van der Waals surface area contributed by atoms with Crippen LogP contribution in [0.2, 0.25) is 0 Å². The Labute approximate surface area is 190 Å². The van der Waals surface area contributed by atoms with Gasteiger partial charge in [0.05, 0.1) is 12.6 Å². The number of nitriles is 2. The summed E-state index contributed by atoms with van der Waals surface area (Å²) in [5.41, 5.74) is 1.42. The van der Waals surface area contributed by atoms with E-state index in [1.807, 2.05) is 6.07 Å². The van der Waals surface area contributed by atoms with Gasteiger partial charge in [0.15, 0.2) is 0 Å². The van der Waals surface area contributed by atoms with Gasteiger partial charge in [-0.15, -0.1) is 0 Å². The van der Waals surface area contributed by atoms with Gasteiger partial charge in [0, 0.05) is 26.7 Å². The SMILES string of the molecule is CC(=O)O.CC(=O)O.N.O=C1CCCCC1.[C-]#[N+]C(C#N)=C1CCCCC1.[C-]#[N+]CC#N. The Bertz CT molecular complexity index is 685. The molecule has 10 heteroatoms. The molecule has 0 saturated heterocycles. The van der Waals surface area contributed by atoms with E-state index in [-0.39, 0.29) is 12.7 Å². The third kappa shape index (κ3) is 33.8. The van der Waals surface area contributed by atoms with Crippen molar-refractivity contribution in [1.82, 2.24) is 6.15 Å². The molecule has 0 bridgehead atoms. The number of carbonyl (C=O) groups excluding carboxylic acids is 1. The van der Waals surface area contributed by atoms with Gasteiger partial charge in [-0.1, -0.05) is 31.3 Å². The van der Waals surface area contributed by atoms with Gasteiger partial charge < -0.3 is 21.2 Å². The van der Waals surface area contributed by atoms with E-state index in [4.69, 9.17) is 43.5 Å². The standard InChI is InChI=1S/C9H10N2.C6H10O.C3H2N2.2C2H4O2.H3N/c1-11-9(7-10)8-5-3-2-4-6-8;7-6-4-2-1-3-5-6;1-5-3-2-4;2*1-2(3)4;/h2-6H2;1-5H2;3H2;2*1H3,(H,3,4);1H3. The average molecular weight is 448 g/mol. The van der Waals surface area contributed by atoms with E-state index >= 15 is 0 Å². The molecule has 0 aromatic carbocycles. The Hall–Kier alpha value is -3.73. The zero-order valence-corrected chi connectivity index (χ0v) is 18.9. The summed E-state index contributed by atoms with van der Waals surface area (Å²) in [6, 6.07) is 3.61. The molecule has 176 valence electrons. The lowest BCUT2D eigenvalue weighted by Gasteiger charge is -2.12. The van der Waals surface area contributed by atoms with Crippen LogP contribution in [0.4, 0.5) is 0 Å². The molecule has 0 heterocycles. The van der Waals surface area contributed by atoms with E-state index in [1.165, 1.54) is 12.8 Å². The van der Waals surface area contributed by atoms with Gasteiger partial charge >= 0.3 is 0 Å². The molecule has 2 aliphatic rings. The first kappa shape index (κ1) is 35.7. The summed E-state index contributed by atoms with van der Waals surface area (Å²) in [5.74, 6) is -1.20. The maximum Gasteiger partial charge on any atom is 0.300 e. The minimum Gasteiger partial charge on any atom is -0.481 e. The van der Waals surface area contributed by atoms with E-state index in [0.717, 1.165) is 70.8 Å². The quantitative estimate of drug-likeness (QED) is 0.265. The van der Waals surface area contributed by atoms with Gasteiger partial charge in [0.25, 0.3) is 24.2 Å². The van der Waals surface area contributed by atoms with E-state index in [0.29, 0.717) is 11.5 Å². The van der Waals surface area contributed by atoms with Gasteiger partial charge in [-0.25, -0.2) is 16.7 Å². The maximum absolute atomic E-state index is 10.5. The van der Waals surface area contributed by atoms with Crippen molar-refractivity contribution in [3.63, 3.8) is 0 Å². The molecule has 10 nitrogen and oxygen atoms in total. The molecule has 0 radical (unpaired) electrons. The molecule has 0 unspecified atom stereocenters. The van der Waals surface area contributed by atoms with Gasteiger partial charge in [-0.3, -0.25) is 14.4 Å². The van der Waals surface area contributed by atoms with Gasteiger partial charge in [-0.05, 0) is 25.7 Å². The fraction of sp³-hybridized carbons (Fsp3) is 0.591. The highest BCUT2D eigenvalue weighted by atomic mass is 16.4. The van der Waals surface area contributed by atoms with Crippen molar-refractivity contribution < 1.29 is 24.6 Å². The number of hydrogen-bond donors (Lipinski definition) is 3. The number of carboxylic acid groups (broad SMARTS) is 2. The number of allylic oxidation sites excluding steroid dienone is 2. The molecule has 2 rings (SSSR count). The van der Waals surface area contributed by atoms with Crippen molar-refractivity contribution in [2.45, 2.75) is 78.1 Å². The topological polar surface area (TPSA) is 183 Å². The Morgan fingerprint density at radius 2 is 1.28 bits per heavy atom. The summed E-state index contributed by atoms with van der Waals surface area (Å²) >= 11 is 0. The van der Waals surface area contributed by atoms with Crippen LogP contribution < -0.4 is 6.15 Å². The van der Waals surface area contributed by atoms with E-state index in [2.05, 4.69) is 9.69 Å². The first-order valence-corrected chi connectivity index (χ1v) is 9.76. The minimum atomic E-state index is -0.833. The molecule has 2 saturated carbocycles. The van der Waals surface area contributed by atoms with Crippen molar-refractivity contribution in [2.24, 2.45) is 0 Å². The van der Waals surface area contributed by atoms with Crippen LogP contribution in [0.1, 0.15) is 78.1 Å². The summed E-state index contributed by atoms with van der Waals surface area (Å²) < 4.78 is 0. The number of rotatable bonds is 0. The number of carbonyl (C=O) groups is 3. The molecule has 2 fully saturated rings. The Kier molecular flexibility index (Phi) is 30.4. The predicted molar refractivity (Wildman–Crippen MR) is 119 cm³/mol. The molecule has 0 amide bonds. The number of aliphatic carboxylic acids is 2. The van der Waals surface area contributed by atoms with Crippen molar-refractivity contribution in [3.05, 3.63) is 34.1 Å². The molecule has 32 heavy (non-hydrogen) atoms. The molecule has 0 atom stereocenters. The number of Topliss-reactive ketones (excluding diaryl/α,β-unsaturated/α-hetero) is 1. The van der Waals surface area contributed by atoms with Crippen molar-refractivity contribution in [3.8, 4) is 12.1 Å². The van der Waals surface area contributed by atoms with E-state index in [9.17, 15) is 4.79 Å². The number of nitrogens with zero attached hydrogens (tertiary/aromatic N) is 4. The Morgan fingerprint density at radius 3 is 1.47 bits per heavy atom. The van der Waals surface area contributed by atoms with Crippen LogP contribution in [0.15, 0.2) is 11.3 Å². The lowest BCUT2D eigenvalue weighted by Crippen LogP contribution is -2.02. The minimum absolute atomic E-state index is 0. The number of carboxylic acids is 2. The van der Waals surface area contributed by atoms with Crippen LogP contribution >= 0.6 is 0 Å². The third-order valence-corrected chi connectivity index (χ3v) is 3.57. The maximum atomic E-state index is 10.5. The molecule has 5 N–H and O–H groups in total. The second kappa shape index (κ2) is 27.3. The highest BCUT2D eigenvalue weighted by Gasteiger charge is 2.10. The van der Waals surface area contributed by atoms with Crippen molar-refractivity contribution in [2.75, 3.05) is 6.54 Å². The highest BCUT2D eigenvalue weighted by molar-refractivity contribution is 5.78. The molecular formula is C22H33N5O5. The van der Waals surface area contributed by atoms with Crippen LogP contribution in [0.25, 0.3) is 9.69 Å². The predicted octanol–water partition coefficient (Wildman–Crippen LogP) is 4.94. The fourth-order valence-electron chi connectivity index (χ4n) is 2.38. The summed E-state index contributed by atoms with van der Waals surface area (Å²) in [5, 5.41) is 31.0. The van der Waals surface area contributed by atoms with Crippen LogP contribution in [0, 0.1) is 35.8 Å². The van der Waals surface area contributed by atoms with Crippen LogP contribution in [-0.2, 0) is 14.4 Å². The first-order chi connectivity index (χ1) is 14.7. The largest absolute Gasteiger partial charge is 0.481 e. The molecule has 0 aromatic rings. The van der Waals surface area contributed by atoms with E-state index < -0.39 is 11.9 Å². The second-order valence-corrected chi connectivity index (χ2v) is 6.35. The smallest absolute Gasteiger partial charge is 0.300 e. The van der Waals surface area contributed by atoms with Crippen molar-refractivity contribution in [1.29, 1.82) is 10.5 Å². The summed E-state index contributed by atoms with van der Waals surface area (Å²) in [7, 11) is 0. The summed E-state index contributed by atoms with van der Waals surface area (Å²) in [6.07, 6.45) is 10.7. The first-order valence-electron chi connectivity index (χ1n) is 9.76. The Morgan fingerprint density at radius 1 is 0.906 bits per heavy atom. The van der Waals surface area contributed by atoms with Gasteiger partial charge in [-0.2, -0.15) is 5.26 Å². The lowest BCUT2D eigenvalue weighted by atomic mass is 9.94. The number of hydrogen-bond acceptors (Lipinski definition) is 6. The lowest BCUT2D eigenvalue weighted by molar-refractivity contribution is -0.135. The van der Waals surface area contributed by atoms with Crippen LogP contribution in [-0.4, -0.2) is 34.5 Å². The zero-order chi connectivity index (χ0) is 24.5. The molecule has 0 aliphatic heterocycles. The summed E-state index contributed by atoms with van der Waals surface area (Å²) in [4.78, 5) is 34.4. The number of ketones is 1. The monoisotopic (exact) mass is 447 g/mol. The molecule has 0 spiro atoms. The third-order valence-electron chi connectivity index (χ3n) is 3.57. The molecule has 2 aliphatic carbocycles. The molecule has 0 aromatic heterocycles. The summed E-state index contributed by atoms with van der Waals surface area (Å²) in [6.45, 7) is 14.9.